The van der Waals surface area contributed by atoms with E-state index in [-0.39, 0.29) is 0 Å². The van der Waals surface area contributed by atoms with Gasteiger partial charge in [0.25, 0.3) is 0 Å². The third-order valence-electron chi connectivity index (χ3n) is 4.72. The minimum absolute atomic E-state index is 0.541. The molecule has 0 saturated heterocycles. The van der Waals surface area contributed by atoms with Crippen molar-refractivity contribution in [2.45, 2.75) is 52.0 Å². The van der Waals surface area contributed by atoms with Gasteiger partial charge in [-0.05, 0) is 62.1 Å². The summed E-state index contributed by atoms with van der Waals surface area (Å²) >= 11 is 6.28. The maximum atomic E-state index is 6.28. The van der Waals surface area contributed by atoms with Crippen molar-refractivity contribution in [1.29, 1.82) is 0 Å². The van der Waals surface area contributed by atoms with Crippen molar-refractivity contribution in [3.05, 3.63) is 34.9 Å². The smallest absolute Gasteiger partial charge is 0.0438 e. The van der Waals surface area contributed by atoms with Crippen LogP contribution < -0.4 is 5.32 Å². The summed E-state index contributed by atoms with van der Waals surface area (Å²) in [5, 5.41) is 4.42. The molecule has 0 bridgehead atoms. The van der Waals surface area contributed by atoms with Crippen molar-refractivity contribution in [2.75, 3.05) is 7.05 Å². The van der Waals surface area contributed by atoms with Gasteiger partial charge >= 0.3 is 0 Å². The third-order valence-corrected chi connectivity index (χ3v) is 5.09. The normalized spacial score (nSPS) is 21.3. The zero-order valence-electron chi connectivity index (χ0n) is 12.4. The predicted molar refractivity (Wildman–Crippen MR) is 83.7 cm³/mol. The highest BCUT2D eigenvalue weighted by molar-refractivity contribution is 6.31. The first kappa shape index (κ1) is 14.9. The second kappa shape index (κ2) is 6.28. The molecule has 2 rings (SSSR count). The highest BCUT2D eigenvalue weighted by Gasteiger charge is 2.30. The Hall–Kier alpha value is -0.530. The zero-order valence-corrected chi connectivity index (χ0v) is 13.1. The third kappa shape index (κ3) is 3.97. The fourth-order valence-electron chi connectivity index (χ4n) is 3.23. The van der Waals surface area contributed by atoms with Crippen LogP contribution in [0.4, 0.5) is 0 Å². The number of hydrogen-bond acceptors (Lipinski definition) is 1. The Morgan fingerprint density at radius 1 is 1.26 bits per heavy atom. The molecule has 2 heteroatoms. The molecule has 1 unspecified atom stereocenters. The molecule has 0 aliphatic heterocycles. The van der Waals surface area contributed by atoms with Gasteiger partial charge < -0.3 is 5.32 Å². The number of likely N-dealkylation sites (N-methyl/N-ethyl adjacent to an activating group) is 1. The van der Waals surface area contributed by atoms with Crippen LogP contribution in [0.15, 0.2) is 24.3 Å². The van der Waals surface area contributed by atoms with Gasteiger partial charge in [0.2, 0.25) is 0 Å². The van der Waals surface area contributed by atoms with Gasteiger partial charge in [0, 0.05) is 11.1 Å². The standard InChI is InChI=1S/C17H26ClN/c1-17(2)10-8-13(9-11-17)16(19-3)12-14-6-4-5-7-15(14)18/h4-7,13,16,19H,8-12H2,1-3H3. The van der Waals surface area contributed by atoms with Crippen LogP contribution in [0, 0.1) is 11.3 Å². The van der Waals surface area contributed by atoms with E-state index in [4.69, 9.17) is 11.6 Å². The molecule has 0 radical (unpaired) electrons. The highest BCUT2D eigenvalue weighted by Crippen LogP contribution is 2.39. The molecule has 19 heavy (non-hydrogen) atoms. The Kier molecular flexibility index (Phi) is 4.92. The molecule has 1 aromatic carbocycles. The summed E-state index contributed by atoms with van der Waals surface area (Å²) in [4.78, 5) is 0. The summed E-state index contributed by atoms with van der Waals surface area (Å²) in [6.07, 6.45) is 6.41. The molecular weight excluding hydrogens is 254 g/mol. The Balaban J connectivity index is 1.99. The van der Waals surface area contributed by atoms with Crippen molar-refractivity contribution < 1.29 is 0 Å². The largest absolute Gasteiger partial charge is 0.316 e. The molecule has 1 atom stereocenters. The van der Waals surface area contributed by atoms with Crippen LogP contribution in [0.1, 0.15) is 45.1 Å². The molecule has 0 heterocycles. The molecule has 0 amide bonds. The van der Waals surface area contributed by atoms with Crippen LogP contribution in [0.3, 0.4) is 0 Å². The van der Waals surface area contributed by atoms with Crippen molar-refractivity contribution in [3.8, 4) is 0 Å². The average Bonchev–Trinajstić information content (AvgIpc) is 2.38. The Bertz CT molecular complexity index is 403. The van der Waals surface area contributed by atoms with Crippen molar-refractivity contribution in [3.63, 3.8) is 0 Å². The number of hydrogen-bond donors (Lipinski definition) is 1. The quantitative estimate of drug-likeness (QED) is 0.843. The summed E-state index contributed by atoms with van der Waals surface area (Å²) in [6.45, 7) is 4.79. The Morgan fingerprint density at radius 3 is 2.47 bits per heavy atom. The van der Waals surface area contributed by atoms with Gasteiger partial charge in [0.15, 0.2) is 0 Å². The van der Waals surface area contributed by atoms with Crippen molar-refractivity contribution >= 4 is 11.6 Å². The van der Waals surface area contributed by atoms with Crippen LogP contribution in [0.2, 0.25) is 5.02 Å². The maximum Gasteiger partial charge on any atom is 0.0438 e. The monoisotopic (exact) mass is 279 g/mol. The lowest BCUT2D eigenvalue weighted by Crippen LogP contribution is -2.38. The van der Waals surface area contributed by atoms with Gasteiger partial charge in [0.1, 0.15) is 0 Å². The molecular formula is C17H26ClN. The van der Waals surface area contributed by atoms with Gasteiger partial charge in [-0.2, -0.15) is 0 Å². The van der Waals surface area contributed by atoms with E-state index in [0.29, 0.717) is 11.5 Å². The minimum Gasteiger partial charge on any atom is -0.316 e. The molecule has 1 N–H and O–H groups in total. The fraction of sp³-hybridized carbons (Fsp3) is 0.647. The number of halogens is 1. The molecule has 1 aromatic rings. The molecule has 1 nitrogen and oxygen atoms in total. The van der Waals surface area contributed by atoms with E-state index in [0.717, 1.165) is 17.4 Å². The van der Waals surface area contributed by atoms with Crippen LogP contribution in [0.25, 0.3) is 0 Å². The molecule has 1 aliphatic carbocycles. The zero-order chi connectivity index (χ0) is 13.9. The first-order valence-electron chi connectivity index (χ1n) is 7.42. The highest BCUT2D eigenvalue weighted by atomic mass is 35.5. The first-order chi connectivity index (χ1) is 9.02. The molecule has 106 valence electrons. The van der Waals surface area contributed by atoms with Gasteiger partial charge in [-0.3, -0.25) is 0 Å². The van der Waals surface area contributed by atoms with Crippen molar-refractivity contribution in [2.24, 2.45) is 11.3 Å². The van der Waals surface area contributed by atoms with E-state index in [1.807, 2.05) is 12.1 Å². The summed E-state index contributed by atoms with van der Waals surface area (Å²) in [5.74, 6) is 0.786. The van der Waals surface area contributed by atoms with Crippen LogP contribution in [-0.2, 0) is 6.42 Å². The number of rotatable bonds is 4. The SMILES string of the molecule is CNC(Cc1ccccc1Cl)C1CCC(C)(C)CC1. The maximum absolute atomic E-state index is 6.28. The molecule has 1 aliphatic rings. The number of nitrogens with one attached hydrogen (secondary N) is 1. The van der Waals surface area contributed by atoms with E-state index in [9.17, 15) is 0 Å². The van der Waals surface area contributed by atoms with Gasteiger partial charge in [-0.25, -0.2) is 0 Å². The summed E-state index contributed by atoms with van der Waals surface area (Å²) in [5.41, 5.74) is 1.81. The second-order valence-corrected chi connectivity index (χ2v) is 7.10. The van der Waals surface area contributed by atoms with Crippen molar-refractivity contribution in [1.82, 2.24) is 5.32 Å². The van der Waals surface area contributed by atoms with Crippen LogP contribution in [0.5, 0.6) is 0 Å². The van der Waals surface area contributed by atoms with E-state index in [1.54, 1.807) is 0 Å². The van der Waals surface area contributed by atoms with Crippen LogP contribution in [-0.4, -0.2) is 13.1 Å². The lowest BCUT2D eigenvalue weighted by atomic mass is 9.70. The predicted octanol–water partition coefficient (Wildman–Crippen LogP) is 4.69. The molecule has 0 aromatic heterocycles. The summed E-state index contributed by atoms with van der Waals surface area (Å²) < 4.78 is 0. The molecule has 1 fully saturated rings. The molecule has 0 spiro atoms. The minimum atomic E-state index is 0.541. The van der Waals surface area contributed by atoms with Crippen LogP contribution >= 0.6 is 11.6 Å². The first-order valence-corrected chi connectivity index (χ1v) is 7.80. The van der Waals surface area contributed by atoms with Gasteiger partial charge in [0.05, 0.1) is 0 Å². The Morgan fingerprint density at radius 2 is 1.89 bits per heavy atom. The Labute approximate surface area is 122 Å². The lowest BCUT2D eigenvalue weighted by Gasteiger charge is -2.38. The van der Waals surface area contributed by atoms with E-state index >= 15 is 0 Å². The fourth-order valence-corrected chi connectivity index (χ4v) is 3.44. The average molecular weight is 280 g/mol. The second-order valence-electron chi connectivity index (χ2n) is 6.69. The van der Waals surface area contributed by atoms with E-state index in [2.05, 4.69) is 38.3 Å². The topological polar surface area (TPSA) is 12.0 Å². The summed E-state index contributed by atoms with van der Waals surface area (Å²) in [7, 11) is 2.08. The molecule has 1 saturated carbocycles. The van der Waals surface area contributed by atoms with E-state index < -0.39 is 0 Å². The number of benzene rings is 1. The summed E-state index contributed by atoms with van der Waals surface area (Å²) in [6, 6.07) is 8.78. The van der Waals surface area contributed by atoms with Gasteiger partial charge in [-0.15, -0.1) is 0 Å². The van der Waals surface area contributed by atoms with Gasteiger partial charge in [-0.1, -0.05) is 43.6 Å². The lowest BCUT2D eigenvalue weighted by molar-refractivity contribution is 0.163. The van der Waals surface area contributed by atoms with E-state index in [1.165, 1.54) is 31.2 Å².